The largest absolute Gasteiger partial charge is 0.463 e. The van der Waals surface area contributed by atoms with Gasteiger partial charge in [-0.25, -0.2) is 4.79 Å². The second-order valence-corrected chi connectivity index (χ2v) is 9.27. The first kappa shape index (κ1) is 21.4. The van der Waals surface area contributed by atoms with E-state index in [9.17, 15) is 9.59 Å². The molecule has 1 saturated carbocycles. The van der Waals surface area contributed by atoms with Crippen molar-refractivity contribution in [3.05, 3.63) is 0 Å². The maximum Gasteiger partial charge on any atom is 0.318 e. The monoisotopic (exact) mass is 393 g/mol. The molecular weight excluding hydrogens is 354 g/mol. The van der Waals surface area contributed by atoms with Crippen LogP contribution in [0.3, 0.4) is 0 Å². The molecule has 1 aliphatic carbocycles. The van der Waals surface area contributed by atoms with Crippen LogP contribution < -0.4 is 10.6 Å². The predicted octanol–water partition coefficient (Wildman–Crippen LogP) is 3.45. The van der Waals surface area contributed by atoms with Gasteiger partial charge in [0.25, 0.3) is 0 Å². The van der Waals surface area contributed by atoms with Crippen molar-refractivity contribution >= 4 is 12.0 Å². The van der Waals surface area contributed by atoms with Crippen molar-refractivity contribution in [1.82, 2.24) is 15.5 Å². The molecular formula is C22H39N3O3. The second-order valence-electron chi connectivity index (χ2n) is 9.27. The highest BCUT2D eigenvalue weighted by molar-refractivity contribution is 5.78. The topological polar surface area (TPSA) is 70.7 Å². The predicted molar refractivity (Wildman–Crippen MR) is 110 cm³/mol. The standard InChI is InChI=1S/C22H39N3O3/c1-17(2)28-20(26)8-12-22(19-6-4-3-5-7-19)16-24-21(27)25(22)15-11-18-9-13-23-14-10-18/h17-19,23H,3-16H2,1-2H3,(H,24,27). The third kappa shape index (κ3) is 5.19. The number of hydrogen-bond donors (Lipinski definition) is 2. The third-order valence-electron chi connectivity index (χ3n) is 7.04. The molecule has 0 radical (unpaired) electrons. The van der Waals surface area contributed by atoms with Crippen molar-refractivity contribution in [2.75, 3.05) is 26.2 Å². The number of esters is 1. The Labute approximate surface area is 170 Å². The second kappa shape index (κ2) is 9.95. The molecule has 1 atom stereocenters. The normalized spacial score (nSPS) is 27.2. The highest BCUT2D eigenvalue weighted by atomic mass is 16.5. The quantitative estimate of drug-likeness (QED) is 0.620. The van der Waals surface area contributed by atoms with Gasteiger partial charge in [-0.2, -0.15) is 0 Å². The van der Waals surface area contributed by atoms with E-state index in [1.54, 1.807) is 0 Å². The molecule has 6 heteroatoms. The highest BCUT2D eigenvalue weighted by Gasteiger charge is 2.50. The maximum absolute atomic E-state index is 12.8. The number of hydrogen-bond acceptors (Lipinski definition) is 4. The van der Waals surface area contributed by atoms with Gasteiger partial charge in [-0.1, -0.05) is 19.3 Å². The van der Waals surface area contributed by atoms with Gasteiger partial charge in [0.2, 0.25) is 0 Å². The van der Waals surface area contributed by atoms with Crippen LogP contribution in [0.25, 0.3) is 0 Å². The molecule has 6 nitrogen and oxygen atoms in total. The molecule has 2 N–H and O–H groups in total. The van der Waals surface area contributed by atoms with E-state index >= 15 is 0 Å². The summed E-state index contributed by atoms with van der Waals surface area (Å²) < 4.78 is 5.39. The van der Waals surface area contributed by atoms with Crippen LogP contribution in [0.1, 0.15) is 78.1 Å². The third-order valence-corrected chi connectivity index (χ3v) is 7.04. The van der Waals surface area contributed by atoms with E-state index < -0.39 is 0 Å². The van der Waals surface area contributed by atoms with Crippen molar-refractivity contribution < 1.29 is 14.3 Å². The van der Waals surface area contributed by atoms with Gasteiger partial charge in [-0.15, -0.1) is 0 Å². The fourth-order valence-corrected chi connectivity index (χ4v) is 5.50. The Morgan fingerprint density at radius 3 is 2.57 bits per heavy atom. The van der Waals surface area contributed by atoms with Gasteiger partial charge in [0.15, 0.2) is 0 Å². The zero-order chi connectivity index (χ0) is 20.0. The van der Waals surface area contributed by atoms with E-state index in [-0.39, 0.29) is 23.6 Å². The number of carbonyl (C=O) groups excluding carboxylic acids is 2. The number of rotatable bonds is 8. The molecule has 2 heterocycles. The number of carbonyl (C=O) groups is 2. The van der Waals surface area contributed by atoms with E-state index in [0.29, 0.717) is 31.2 Å². The van der Waals surface area contributed by atoms with Crippen molar-refractivity contribution in [3.63, 3.8) is 0 Å². The summed E-state index contributed by atoms with van der Waals surface area (Å²) in [6.45, 7) is 7.45. The van der Waals surface area contributed by atoms with Crippen molar-refractivity contribution in [2.45, 2.75) is 89.7 Å². The zero-order valence-electron chi connectivity index (χ0n) is 17.8. The summed E-state index contributed by atoms with van der Waals surface area (Å²) in [4.78, 5) is 27.2. The summed E-state index contributed by atoms with van der Waals surface area (Å²) in [5.74, 6) is 1.05. The Morgan fingerprint density at radius 2 is 1.89 bits per heavy atom. The van der Waals surface area contributed by atoms with Crippen LogP contribution in [-0.4, -0.2) is 54.7 Å². The lowest BCUT2D eigenvalue weighted by Crippen LogP contribution is -2.54. The van der Waals surface area contributed by atoms with E-state index in [4.69, 9.17) is 4.74 Å². The molecule has 0 aromatic rings. The Morgan fingerprint density at radius 1 is 1.18 bits per heavy atom. The smallest absolute Gasteiger partial charge is 0.318 e. The lowest BCUT2D eigenvalue weighted by molar-refractivity contribution is -0.148. The lowest BCUT2D eigenvalue weighted by atomic mass is 9.71. The number of ether oxygens (including phenoxy) is 1. The minimum absolute atomic E-state index is 0.0664. The molecule has 2 aliphatic heterocycles. The first-order valence-electron chi connectivity index (χ1n) is 11.5. The van der Waals surface area contributed by atoms with Gasteiger partial charge in [-0.3, -0.25) is 4.79 Å². The molecule has 0 bridgehead atoms. The first-order valence-corrected chi connectivity index (χ1v) is 11.5. The fraction of sp³-hybridized carbons (Fsp3) is 0.909. The molecule has 0 aromatic carbocycles. The summed E-state index contributed by atoms with van der Waals surface area (Å²) in [5.41, 5.74) is -0.222. The summed E-state index contributed by atoms with van der Waals surface area (Å²) in [6.07, 6.45) is 10.6. The molecule has 28 heavy (non-hydrogen) atoms. The minimum Gasteiger partial charge on any atom is -0.463 e. The molecule has 1 unspecified atom stereocenters. The minimum atomic E-state index is -0.222. The Bertz CT molecular complexity index is 527. The Balaban J connectivity index is 1.70. The van der Waals surface area contributed by atoms with Crippen LogP contribution in [0.15, 0.2) is 0 Å². The van der Waals surface area contributed by atoms with Gasteiger partial charge in [0.1, 0.15) is 0 Å². The van der Waals surface area contributed by atoms with Crippen molar-refractivity contribution in [3.8, 4) is 0 Å². The molecule has 160 valence electrons. The molecule has 0 aromatic heterocycles. The average molecular weight is 394 g/mol. The molecule has 3 rings (SSSR count). The van der Waals surface area contributed by atoms with E-state index in [2.05, 4.69) is 15.5 Å². The Hall–Kier alpha value is -1.30. The number of nitrogens with zero attached hydrogens (tertiary/aromatic N) is 1. The van der Waals surface area contributed by atoms with Crippen LogP contribution in [0, 0.1) is 11.8 Å². The summed E-state index contributed by atoms with van der Waals surface area (Å²) >= 11 is 0. The van der Waals surface area contributed by atoms with Crippen LogP contribution in [0.5, 0.6) is 0 Å². The highest BCUT2D eigenvalue weighted by Crippen LogP contribution is 2.42. The first-order chi connectivity index (χ1) is 13.5. The van der Waals surface area contributed by atoms with E-state index in [1.807, 2.05) is 13.8 Å². The number of nitrogens with one attached hydrogen (secondary N) is 2. The fourth-order valence-electron chi connectivity index (χ4n) is 5.50. The molecule has 3 aliphatic rings. The zero-order valence-corrected chi connectivity index (χ0v) is 17.8. The summed E-state index contributed by atoms with van der Waals surface area (Å²) in [6, 6.07) is 0.0664. The maximum atomic E-state index is 12.8. The molecule has 3 fully saturated rings. The van der Waals surface area contributed by atoms with Crippen molar-refractivity contribution in [1.29, 1.82) is 0 Å². The average Bonchev–Trinajstić information content (AvgIpc) is 3.02. The van der Waals surface area contributed by atoms with Crippen molar-refractivity contribution in [2.24, 2.45) is 11.8 Å². The van der Waals surface area contributed by atoms with Crippen LogP contribution in [-0.2, 0) is 9.53 Å². The van der Waals surface area contributed by atoms with Gasteiger partial charge in [0, 0.05) is 19.5 Å². The molecule has 2 saturated heterocycles. The van der Waals surface area contributed by atoms with E-state index in [1.165, 1.54) is 32.1 Å². The van der Waals surface area contributed by atoms with Gasteiger partial charge < -0.3 is 20.3 Å². The molecule has 2 amide bonds. The Kier molecular flexibility index (Phi) is 7.61. The van der Waals surface area contributed by atoms with Crippen LogP contribution in [0.4, 0.5) is 4.79 Å². The van der Waals surface area contributed by atoms with Crippen LogP contribution >= 0.6 is 0 Å². The SMILES string of the molecule is CC(C)OC(=O)CCC1(C2CCCCC2)CNC(=O)N1CCC1CCNCC1. The van der Waals surface area contributed by atoms with Gasteiger partial charge >= 0.3 is 12.0 Å². The lowest BCUT2D eigenvalue weighted by Gasteiger charge is -2.45. The summed E-state index contributed by atoms with van der Waals surface area (Å²) in [7, 11) is 0. The summed E-state index contributed by atoms with van der Waals surface area (Å²) in [5, 5.41) is 6.56. The number of piperidine rings is 1. The van der Waals surface area contributed by atoms with Gasteiger partial charge in [0.05, 0.1) is 11.6 Å². The number of amides is 2. The van der Waals surface area contributed by atoms with Gasteiger partial charge in [-0.05, 0) is 77.3 Å². The van der Waals surface area contributed by atoms with E-state index in [0.717, 1.165) is 38.9 Å². The van der Waals surface area contributed by atoms with Crippen LogP contribution in [0.2, 0.25) is 0 Å². The molecule has 0 spiro atoms. The number of urea groups is 1.